The van der Waals surface area contributed by atoms with E-state index in [1.807, 2.05) is 18.3 Å². The first kappa shape index (κ1) is 17.2. The number of pyridine rings is 1. The Bertz CT molecular complexity index is 769. The van der Waals surface area contributed by atoms with E-state index in [1.54, 1.807) is 6.07 Å². The van der Waals surface area contributed by atoms with Crippen molar-refractivity contribution >= 4 is 5.95 Å². The van der Waals surface area contributed by atoms with Gasteiger partial charge in [0.2, 0.25) is 5.95 Å². The zero-order valence-electron chi connectivity index (χ0n) is 15.2. The van der Waals surface area contributed by atoms with E-state index in [4.69, 9.17) is 4.98 Å². The van der Waals surface area contributed by atoms with Crippen molar-refractivity contribution in [3.05, 3.63) is 52.2 Å². The number of aromatic nitrogens is 3. The lowest BCUT2D eigenvalue weighted by atomic mass is 9.94. The van der Waals surface area contributed by atoms with E-state index in [1.165, 1.54) is 19.3 Å². The van der Waals surface area contributed by atoms with Crippen LogP contribution in [-0.2, 0) is 6.54 Å². The van der Waals surface area contributed by atoms with Gasteiger partial charge in [-0.25, -0.2) is 4.98 Å². The van der Waals surface area contributed by atoms with Crippen LogP contribution in [0.15, 0.2) is 35.3 Å². The molecule has 0 aliphatic carbocycles. The Morgan fingerprint density at radius 3 is 2.81 bits per heavy atom. The number of aromatic amines is 1. The second-order valence-electron chi connectivity index (χ2n) is 7.44. The van der Waals surface area contributed by atoms with Gasteiger partial charge in [0, 0.05) is 44.4 Å². The number of rotatable bonds is 4. The molecule has 2 fully saturated rings. The maximum Gasteiger partial charge on any atom is 0.252 e. The van der Waals surface area contributed by atoms with E-state index in [9.17, 15) is 4.79 Å². The smallest absolute Gasteiger partial charge is 0.252 e. The highest BCUT2D eigenvalue weighted by Gasteiger charge is 2.24. The Kier molecular flexibility index (Phi) is 5.29. The van der Waals surface area contributed by atoms with E-state index in [0.717, 1.165) is 62.9 Å². The average Bonchev–Trinajstić information content (AvgIpc) is 2.69. The first-order valence-electron chi connectivity index (χ1n) is 9.76. The molecule has 0 spiro atoms. The van der Waals surface area contributed by atoms with Crippen LogP contribution in [0.3, 0.4) is 0 Å². The van der Waals surface area contributed by atoms with Crippen molar-refractivity contribution in [3.8, 4) is 0 Å². The molecule has 0 bridgehead atoms. The molecule has 0 radical (unpaired) electrons. The Morgan fingerprint density at radius 2 is 2.00 bits per heavy atom. The molecule has 1 N–H and O–H groups in total. The number of hydrogen-bond acceptors (Lipinski definition) is 5. The van der Waals surface area contributed by atoms with Crippen LogP contribution in [0.2, 0.25) is 0 Å². The summed E-state index contributed by atoms with van der Waals surface area (Å²) in [5.74, 6) is 1.08. The summed E-state index contributed by atoms with van der Waals surface area (Å²) in [6.45, 7) is 4.85. The molecule has 26 heavy (non-hydrogen) atoms. The second-order valence-corrected chi connectivity index (χ2v) is 7.44. The molecule has 2 aliphatic rings. The summed E-state index contributed by atoms with van der Waals surface area (Å²) in [5, 5.41) is 0. The lowest BCUT2D eigenvalue weighted by Crippen LogP contribution is -2.36. The quantitative estimate of drug-likeness (QED) is 0.915. The van der Waals surface area contributed by atoms with Gasteiger partial charge in [-0.05, 0) is 50.8 Å². The molecule has 6 nitrogen and oxygen atoms in total. The largest absolute Gasteiger partial charge is 0.342 e. The van der Waals surface area contributed by atoms with Crippen LogP contribution in [0.1, 0.15) is 49.4 Å². The maximum atomic E-state index is 12.2. The molecule has 6 heteroatoms. The van der Waals surface area contributed by atoms with Gasteiger partial charge in [0.1, 0.15) is 0 Å². The van der Waals surface area contributed by atoms with Crippen molar-refractivity contribution in [2.24, 2.45) is 0 Å². The van der Waals surface area contributed by atoms with Gasteiger partial charge in [-0.3, -0.25) is 19.7 Å². The van der Waals surface area contributed by atoms with Crippen molar-refractivity contribution in [3.63, 3.8) is 0 Å². The maximum absolute atomic E-state index is 12.2. The molecule has 4 rings (SSSR count). The molecule has 1 atom stereocenters. The molecule has 2 aliphatic heterocycles. The fourth-order valence-electron chi connectivity index (χ4n) is 4.09. The van der Waals surface area contributed by atoms with Gasteiger partial charge < -0.3 is 4.90 Å². The van der Waals surface area contributed by atoms with Crippen molar-refractivity contribution in [2.75, 3.05) is 31.1 Å². The molecule has 2 saturated heterocycles. The van der Waals surface area contributed by atoms with Crippen LogP contribution in [0.5, 0.6) is 0 Å². The summed E-state index contributed by atoms with van der Waals surface area (Å²) in [5.41, 5.74) is 2.01. The third kappa shape index (κ3) is 4.12. The molecule has 0 aromatic carbocycles. The summed E-state index contributed by atoms with van der Waals surface area (Å²) >= 11 is 0. The standard InChI is InChI=1S/C20H27N5O/c26-19-13-18(22-20(23-19)25-11-4-1-5-12-25)16-7-6-10-24(14-16)15-17-8-2-3-9-21-17/h2-3,8-9,13,16H,1,4-7,10-12,14-15H2,(H,22,23,26)/t16-/m0/s1. The van der Waals surface area contributed by atoms with Gasteiger partial charge in [-0.15, -0.1) is 0 Å². The average molecular weight is 353 g/mol. The molecule has 2 aromatic heterocycles. The Hall–Kier alpha value is -2.21. The zero-order valence-corrected chi connectivity index (χ0v) is 15.2. The van der Waals surface area contributed by atoms with Gasteiger partial charge in [0.25, 0.3) is 5.56 Å². The molecule has 0 amide bonds. The van der Waals surface area contributed by atoms with Gasteiger partial charge in [-0.1, -0.05) is 6.07 Å². The zero-order chi connectivity index (χ0) is 17.8. The number of likely N-dealkylation sites (tertiary alicyclic amines) is 1. The number of piperidine rings is 2. The topological polar surface area (TPSA) is 65.1 Å². The van der Waals surface area contributed by atoms with E-state index < -0.39 is 0 Å². The Morgan fingerprint density at radius 1 is 1.12 bits per heavy atom. The number of hydrogen-bond donors (Lipinski definition) is 1. The minimum atomic E-state index is -0.0302. The molecule has 4 heterocycles. The summed E-state index contributed by atoms with van der Waals surface area (Å²) in [7, 11) is 0. The molecule has 0 saturated carbocycles. The highest BCUT2D eigenvalue weighted by Crippen LogP contribution is 2.27. The minimum absolute atomic E-state index is 0.0302. The third-order valence-electron chi connectivity index (χ3n) is 5.44. The van der Waals surface area contributed by atoms with Crippen LogP contribution < -0.4 is 10.5 Å². The van der Waals surface area contributed by atoms with Gasteiger partial charge in [0.05, 0.1) is 11.4 Å². The van der Waals surface area contributed by atoms with Crippen LogP contribution in [0.4, 0.5) is 5.95 Å². The first-order valence-corrected chi connectivity index (χ1v) is 9.76. The summed E-state index contributed by atoms with van der Waals surface area (Å²) in [6.07, 6.45) is 7.69. The third-order valence-corrected chi connectivity index (χ3v) is 5.44. The number of nitrogens with one attached hydrogen (secondary N) is 1. The summed E-state index contributed by atoms with van der Waals surface area (Å²) < 4.78 is 0. The fourth-order valence-corrected chi connectivity index (χ4v) is 4.09. The minimum Gasteiger partial charge on any atom is -0.342 e. The van der Waals surface area contributed by atoms with Gasteiger partial charge in [-0.2, -0.15) is 0 Å². The monoisotopic (exact) mass is 353 g/mol. The Balaban J connectivity index is 1.49. The van der Waals surface area contributed by atoms with Crippen molar-refractivity contribution < 1.29 is 0 Å². The molecular weight excluding hydrogens is 326 g/mol. The van der Waals surface area contributed by atoms with Gasteiger partial charge >= 0.3 is 0 Å². The van der Waals surface area contributed by atoms with Crippen LogP contribution in [-0.4, -0.2) is 46.0 Å². The van der Waals surface area contributed by atoms with Crippen LogP contribution in [0.25, 0.3) is 0 Å². The summed E-state index contributed by atoms with van der Waals surface area (Å²) in [4.78, 5) is 29.1. The van der Waals surface area contributed by atoms with Gasteiger partial charge in [0.15, 0.2) is 0 Å². The SMILES string of the molecule is O=c1cc([C@H]2CCCN(Cc3ccccn3)C2)nc(N2CCCCC2)[nH]1. The van der Waals surface area contributed by atoms with E-state index in [0.29, 0.717) is 5.92 Å². The van der Waals surface area contributed by atoms with Crippen molar-refractivity contribution in [2.45, 2.75) is 44.6 Å². The second kappa shape index (κ2) is 7.99. The number of anilines is 1. The van der Waals surface area contributed by atoms with E-state index in [-0.39, 0.29) is 5.56 Å². The van der Waals surface area contributed by atoms with Crippen molar-refractivity contribution in [1.82, 2.24) is 19.9 Å². The van der Waals surface area contributed by atoms with Crippen LogP contribution >= 0.6 is 0 Å². The van der Waals surface area contributed by atoms with E-state index in [2.05, 4.69) is 25.8 Å². The molecular formula is C20H27N5O. The highest BCUT2D eigenvalue weighted by molar-refractivity contribution is 5.31. The highest BCUT2D eigenvalue weighted by atomic mass is 16.1. The van der Waals surface area contributed by atoms with Crippen molar-refractivity contribution in [1.29, 1.82) is 0 Å². The Labute approximate surface area is 154 Å². The number of nitrogens with zero attached hydrogens (tertiary/aromatic N) is 4. The number of H-pyrrole nitrogens is 1. The van der Waals surface area contributed by atoms with E-state index >= 15 is 0 Å². The first-order chi connectivity index (χ1) is 12.8. The molecule has 2 aromatic rings. The summed E-state index contributed by atoms with van der Waals surface area (Å²) in [6, 6.07) is 7.75. The van der Waals surface area contributed by atoms with Crippen LogP contribution in [0, 0.1) is 0 Å². The normalized spacial score (nSPS) is 21.7. The fraction of sp³-hybridized carbons (Fsp3) is 0.550. The molecule has 138 valence electrons. The lowest BCUT2D eigenvalue weighted by Gasteiger charge is -2.33. The predicted octanol–water partition coefficient (Wildman–Crippen LogP) is 2.53. The predicted molar refractivity (Wildman–Crippen MR) is 102 cm³/mol. The molecule has 0 unspecified atom stereocenters. The lowest BCUT2D eigenvalue weighted by molar-refractivity contribution is 0.196.